The highest BCUT2D eigenvalue weighted by Crippen LogP contribution is 2.21. The molecule has 0 aromatic rings. The fourth-order valence-electron chi connectivity index (χ4n) is 1.15. The Labute approximate surface area is 82.4 Å². The second-order valence-electron chi connectivity index (χ2n) is 3.29. The van der Waals surface area contributed by atoms with E-state index in [1.54, 1.807) is 6.08 Å². The lowest BCUT2D eigenvalue weighted by atomic mass is 10.2. The second kappa shape index (κ2) is 7.64. The first-order valence-electron chi connectivity index (χ1n) is 4.87. The predicted molar refractivity (Wildman–Crippen MR) is 60.7 cm³/mol. The average molecular weight is 176 g/mol. The van der Waals surface area contributed by atoms with E-state index in [-0.39, 0.29) is 0 Å². The standard InChI is InChI=1S/C8H12.C5H8/c1-2-5-8-6-3-4-7-8;1-4-5(2)3/h2H,3-4,6-7H2,1H3;4H,1-2H2,3H3. The van der Waals surface area contributed by atoms with E-state index in [4.69, 9.17) is 0 Å². The maximum atomic E-state index is 3.56. The fourth-order valence-corrected chi connectivity index (χ4v) is 1.15. The molecule has 72 valence electrons. The monoisotopic (exact) mass is 176 g/mol. The van der Waals surface area contributed by atoms with Crippen LogP contribution in [0.1, 0.15) is 39.5 Å². The van der Waals surface area contributed by atoms with Crippen molar-refractivity contribution in [3.05, 3.63) is 42.2 Å². The van der Waals surface area contributed by atoms with Gasteiger partial charge in [-0.05, 0) is 51.2 Å². The van der Waals surface area contributed by atoms with Gasteiger partial charge in [0, 0.05) is 0 Å². The lowest BCUT2D eigenvalue weighted by Crippen LogP contribution is -1.63. The molecule has 1 rings (SSSR count). The molecule has 0 aromatic carbocycles. The van der Waals surface area contributed by atoms with E-state index < -0.39 is 0 Å². The minimum atomic E-state index is 1.02. The molecular formula is C13H20. The van der Waals surface area contributed by atoms with E-state index in [0.29, 0.717) is 0 Å². The molecule has 0 unspecified atom stereocenters. The SMILES string of the molecule is C=CC(=C)C.CC=C=C1CCCC1. The van der Waals surface area contributed by atoms with Crippen molar-refractivity contribution in [2.24, 2.45) is 0 Å². The van der Waals surface area contributed by atoms with E-state index in [2.05, 4.69) is 18.9 Å². The van der Waals surface area contributed by atoms with Crippen LogP contribution in [-0.2, 0) is 0 Å². The summed E-state index contributed by atoms with van der Waals surface area (Å²) in [5, 5.41) is 0. The molecule has 0 aromatic heterocycles. The first kappa shape index (κ1) is 12.0. The lowest BCUT2D eigenvalue weighted by molar-refractivity contribution is 0.886. The Morgan fingerprint density at radius 2 is 1.85 bits per heavy atom. The summed E-state index contributed by atoms with van der Waals surface area (Å²) in [6.45, 7) is 11.0. The summed E-state index contributed by atoms with van der Waals surface area (Å²) in [6, 6.07) is 0. The van der Waals surface area contributed by atoms with Crippen molar-refractivity contribution in [1.29, 1.82) is 0 Å². The van der Waals surface area contributed by atoms with Gasteiger partial charge in [0.05, 0.1) is 0 Å². The molecule has 0 aliphatic heterocycles. The van der Waals surface area contributed by atoms with Crippen LogP contribution in [0.15, 0.2) is 42.2 Å². The Hall–Kier alpha value is -1.00. The van der Waals surface area contributed by atoms with Gasteiger partial charge >= 0.3 is 0 Å². The Balaban J connectivity index is 0.000000252. The smallest absolute Gasteiger partial charge is 0.0244 e. The molecule has 1 aliphatic carbocycles. The topological polar surface area (TPSA) is 0 Å². The molecule has 0 amide bonds. The van der Waals surface area contributed by atoms with Gasteiger partial charge in [-0.3, -0.25) is 0 Å². The summed E-state index contributed by atoms with van der Waals surface area (Å²) in [5.41, 5.74) is 5.78. The first-order valence-corrected chi connectivity index (χ1v) is 4.87. The van der Waals surface area contributed by atoms with Crippen LogP contribution in [0.5, 0.6) is 0 Å². The highest BCUT2D eigenvalue weighted by atomic mass is 14.1. The van der Waals surface area contributed by atoms with Crippen LogP contribution in [0.25, 0.3) is 0 Å². The summed E-state index contributed by atoms with van der Waals surface area (Å²) in [6.07, 6.45) is 9.10. The fraction of sp³-hybridized carbons (Fsp3) is 0.462. The van der Waals surface area contributed by atoms with E-state index in [0.717, 1.165) is 5.57 Å². The normalized spacial score (nSPS) is 13.8. The Morgan fingerprint density at radius 1 is 1.38 bits per heavy atom. The summed E-state index contributed by atoms with van der Waals surface area (Å²) in [4.78, 5) is 0. The molecule has 0 heteroatoms. The summed E-state index contributed by atoms with van der Waals surface area (Å²) < 4.78 is 0. The molecule has 1 saturated carbocycles. The third-order valence-corrected chi connectivity index (χ3v) is 1.90. The molecule has 0 N–H and O–H groups in total. The molecular weight excluding hydrogens is 156 g/mol. The summed E-state index contributed by atoms with van der Waals surface area (Å²) in [7, 11) is 0. The molecule has 1 aliphatic rings. The Bertz CT molecular complexity index is 216. The minimum Gasteiger partial charge on any atom is -0.126 e. The van der Waals surface area contributed by atoms with Crippen LogP contribution in [0.3, 0.4) is 0 Å². The van der Waals surface area contributed by atoms with E-state index in [1.165, 1.54) is 31.3 Å². The van der Waals surface area contributed by atoms with Crippen LogP contribution in [0.4, 0.5) is 0 Å². The highest BCUT2D eigenvalue weighted by Gasteiger charge is 2.03. The highest BCUT2D eigenvalue weighted by molar-refractivity contribution is 5.06. The van der Waals surface area contributed by atoms with Gasteiger partial charge in [-0.1, -0.05) is 24.8 Å². The maximum absolute atomic E-state index is 3.56. The molecule has 0 nitrogen and oxygen atoms in total. The molecule has 0 bridgehead atoms. The third kappa shape index (κ3) is 7.36. The summed E-state index contributed by atoms with van der Waals surface area (Å²) >= 11 is 0. The van der Waals surface area contributed by atoms with Crippen molar-refractivity contribution < 1.29 is 0 Å². The average Bonchev–Trinajstić information content (AvgIpc) is 2.59. The third-order valence-electron chi connectivity index (χ3n) is 1.90. The van der Waals surface area contributed by atoms with E-state index >= 15 is 0 Å². The molecule has 1 fully saturated rings. The first-order chi connectivity index (χ1) is 6.20. The molecule has 0 atom stereocenters. The van der Waals surface area contributed by atoms with Crippen molar-refractivity contribution in [3.8, 4) is 0 Å². The van der Waals surface area contributed by atoms with Crippen LogP contribution < -0.4 is 0 Å². The number of hydrogen-bond donors (Lipinski definition) is 0. The number of rotatable bonds is 1. The Kier molecular flexibility index (Phi) is 7.05. The molecule has 0 radical (unpaired) electrons. The minimum absolute atomic E-state index is 1.02. The lowest BCUT2D eigenvalue weighted by Gasteiger charge is -1.82. The van der Waals surface area contributed by atoms with Crippen molar-refractivity contribution in [2.75, 3.05) is 0 Å². The van der Waals surface area contributed by atoms with Gasteiger partial charge in [-0.25, -0.2) is 0 Å². The molecule has 0 saturated heterocycles. The molecule has 0 spiro atoms. The van der Waals surface area contributed by atoms with Gasteiger partial charge < -0.3 is 0 Å². The number of allylic oxidation sites excluding steroid dienone is 3. The Morgan fingerprint density at radius 3 is 2.15 bits per heavy atom. The number of hydrogen-bond acceptors (Lipinski definition) is 0. The van der Waals surface area contributed by atoms with Gasteiger partial charge in [0.25, 0.3) is 0 Å². The van der Waals surface area contributed by atoms with E-state index in [1.807, 2.05) is 19.9 Å². The van der Waals surface area contributed by atoms with Crippen LogP contribution >= 0.6 is 0 Å². The maximum Gasteiger partial charge on any atom is -0.0244 e. The second-order valence-corrected chi connectivity index (χ2v) is 3.29. The van der Waals surface area contributed by atoms with Crippen molar-refractivity contribution in [1.82, 2.24) is 0 Å². The van der Waals surface area contributed by atoms with Gasteiger partial charge in [0.15, 0.2) is 0 Å². The van der Waals surface area contributed by atoms with Gasteiger partial charge in [-0.2, -0.15) is 0 Å². The summed E-state index contributed by atoms with van der Waals surface area (Å²) in [5.74, 6) is 0. The van der Waals surface area contributed by atoms with E-state index in [9.17, 15) is 0 Å². The molecule has 0 heterocycles. The van der Waals surface area contributed by atoms with Crippen LogP contribution in [0, 0.1) is 0 Å². The van der Waals surface area contributed by atoms with Crippen LogP contribution in [0.2, 0.25) is 0 Å². The molecule has 13 heavy (non-hydrogen) atoms. The predicted octanol–water partition coefficient (Wildman–Crippen LogP) is 4.41. The zero-order valence-electron chi connectivity index (χ0n) is 8.90. The largest absolute Gasteiger partial charge is 0.126 e. The zero-order valence-corrected chi connectivity index (χ0v) is 8.90. The van der Waals surface area contributed by atoms with Crippen molar-refractivity contribution in [2.45, 2.75) is 39.5 Å². The van der Waals surface area contributed by atoms with Crippen molar-refractivity contribution >= 4 is 0 Å². The van der Waals surface area contributed by atoms with Gasteiger partial charge in [-0.15, -0.1) is 5.73 Å². The van der Waals surface area contributed by atoms with Crippen LogP contribution in [-0.4, -0.2) is 0 Å². The van der Waals surface area contributed by atoms with Gasteiger partial charge in [0.2, 0.25) is 0 Å². The van der Waals surface area contributed by atoms with Crippen molar-refractivity contribution in [3.63, 3.8) is 0 Å². The quantitative estimate of drug-likeness (QED) is 0.410. The van der Waals surface area contributed by atoms with Gasteiger partial charge in [0.1, 0.15) is 0 Å². The zero-order chi connectivity index (χ0) is 10.1.